The fraction of sp³-hybridized carbons (Fsp3) is 0.333. The molecule has 0 saturated carbocycles. The SMILES string of the molecule is CCn1ncc2ncn(Cc3cnc(C)o3)c(=O)c21. The zero-order valence-electron chi connectivity index (χ0n) is 10.7. The summed E-state index contributed by atoms with van der Waals surface area (Å²) in [7, 11) is 0. The van der Waals surface area contributed by atoms with Crippen molar-refractivity contribution in [3.05, 3.63) is 40.7 Å². The zero-order valence-corrected chi connectivity index (χ0v) is 10.7. The molecular formula is C12H13N5O2. The summed E-state index contributed by atoms with van der Waals surface area (Å²) in [5.74, 6) is 1.21. The van der Waals surface area contributed by atoms with E-state index in [1.807, 2.05) is 6.92 Å². The van der Waals surface area contributed by atoms with Crippen molar-refractivity contribution < 1.29 is 4.42 Å². The van der Waals surface area contributed by atoms with Gasteiger partial charge in [-0.2, -0.15) is 5.10 Å². The highest BCUT2D eigenvalue weighted by atomic mass is 16.4. The predicted octanol–water partition coefficient (Wildman–Crippen LogP) is 0.958. The fourth-order valence-corrected chi connectivity index (χ4v) is 2.01. The topological polar surface area (TPSA) is 78.7 Å². The predicted molar refractivity (Wildman–Crippen MR) is 67.8 cm³/mol. The van der Waals surface area contributed by atoms with Crippen LogP contribution in [0.1, 0.15) is 18.6 Å². The number of aryl methyl sites for hydroxylation is 2. The van der Waals surface area contributed by atoms with E-state index in [1.54, 1.807) is 24.0 Å². The van der Waals surface area contributed by atoms with Gasteiger partial charge in [-0.15, -0.1) is 0 Å². The van der Waals surface area contributed by atoms with E-state index in [-0.39, 0.29) is 5.56 Å². The molecule has 0 saturated heterocycles. The van der Waals surface area contributed by atoms with Crippen LogP contribution in [0.4, 0.5) is 0 Å². The van der Waals surface area contributed by atoms with Crippen LogP contribution in [0.25, 0.3) is 11.0 Å². The monoisotopic (exact) mass is 259 g/mol. The van der Waals surface area contributed by atoms with Gasteiger partial charge in [0, 0.05) is 13.5 Å². The van der Waals surface area contributed by atoms with Gasteiger partial charge in [0.1, 0.15) is 11.3 Å². The van der Waals surface area contributed by atoms with Gasteiger partial charge in [0.15, 0.2) is 11.4 Å². The van der Waals surface area contributed by atoms with Gasteiger partial charge in [0.2, 0.25) is 0 Å². The average molecular weight is 259 g/mol. The van der Waals surface area contributed by atoms with Crippen LogP contribution in [0.2, 0.25) is 0 Å². The summed E-state index contributed by atoms with van der Waals surface area (Å²) in [6.07, 6.45) is 4.72. The van der Waals surface area contributed by atoms with Gasteiger partial charge in [0.05, 0.1) is 25.3 Å². The first kappa shape index (κ1) is 11.6. The molecule has 3 heterocycles. The molecule has 3 aromatic heterocycles. The molecule has 0 amide bonds. The van der Waals surface area contributed by atoms with Crippen LogP contribution in [0.5, 0.6) is 0 Å². The third kappa shape index (κ3) is 1.92. The first-order chi connectivity index (χ1) is 9.19. The quantitative estimate of drug-likeness (QED) is 0.700. The number of aromatic nitrogens is 5. The Morgan fingerprint density at radius 1 is 1.32 bits per heavy atom. The molecule has 7 nitrogen and oxygen atoms in total. The van der Waals surface area contributed by atoms with E-state index in [0.29, 0.717) is 35.8 Å². The van der Waals surface area contributed by atoms with E-state index < -0.39 is 0 Å². The lowest BCUT2D eigenvalue weighted by atomic mass is 10.4. The number of hydrogen-bond acceptors (Lipinski definition) is 5. The van der Waals surface area contributed by atoms with Crippen molar-refractivity contribution in [1.82, 2.24) is 24.3 Å². The molecule has 98 valence electrons. The number of rotatable bonds is 3. The van der Waals surface area contributed by atoms with Crippen molar-refractivity contribution in [1.29, 1.82) is 0 Å². The zero-order chi connectivity index (χ0) is 13.4. The highest BCUT2D eigenvalue weighted by molar-refractivity contribution is 5.72. The Kier molecular flexibility index (Phi) is 2.66. The second kappa shape index (κ2) is 4.34. The molecule has 0 aliphatic heterocycles. The van der Waals surface area contributed by atoms with Crippen molar-refractivity contribution in [3.8, 4) is 0 Å². The molecule has 0 spiro atoms. The Hall–Kier alpha value is -2.44. The van der Waals surface area contributed by atoms with E-state index in [9.17, 15) is 4.79 Å². The Morgan fingerprint density at radius 3 is 2.84 bits per heavy atom. The lowest BCUT2D eigenvalue weighted by Crippen LogP contribution is -2.23. The molecule has 0 radical (unpaired) electrons. The Morgan fingerprint density at radius 2 is 2.16 bits per heavy atom. The van der Waals surface area contributed by atoms with Crippen LogP contribution in [0.3, 0.4) is 0 Å². The average Bonchev–Trinajstić information content (AvgIpc) is 2.99. The van der Waals surface area contributed by atoms with Crippen molar-refractivity contribution in [2.24, 2.45) is 0 Å². The third-order valence-corrected chi connectivity index (χ3v) is 2.91. The van der Waals surface area contributed by atoms with Crippen LogP contribution in [0.15, 0.2) is 27.9 Å². The molecule has 0 aliphatic carbocycles. The number of oxazole rings is 1. The summed E-state index contributed by atoms with van der Waals surface area (Å²) in [6, 6.07) is 0. The van der Waals surface area contributed by atoms with Gasteiger partial charge in [0.25, 0.3) is 5.56 Å². The van der Waals surface area contributed by atoms with Gasteiger partial charge >= 0.3 is 0 Å². The fourth-order valence-electron chi connectivity index (χ4n) is 2.01. The summed E-state index contributed by atoms with van der Waals surface area (Å²) in [4.78, 5) is 20.6. The third-order valence-electron chi connectivity index (χ3n) is 2.91. The molecule has 0 fully saturated rings. The van der Waals surface area contributed by atoms with E-state index >= 15 is 0 Å². The molecule has 0 unspecified atom stereocenters. The number of fused-ring (bicyclic) bond motifs is 1. The maximum absolute atomic E-state index is 12.4. The van der Waals surface area contributed by atoms with Crippen LogP contribution >= 0.6 is 0 Å². The maximum Gasteiger partial charge on any atom is 0.279 e. The second-order valence-corrected chi connectivity index (χ2v) is 4.22. The molecule has 0 atom stereocenters. The van der Waals surface area contributed by atoms with Crippen molar-refractivity contribution >= 4 is 11.0 Å². The molecule has 7 heteroatoms. The molecule has 0 aromatic carbocycles. The number of nitrogens with zero attached hydrogens (tertiary/aromatic N) is 5. The summed E-state index contributed by atoms with van der Waals surface area (Å²) < 4.78 is 8.51. The molecular weight excluding hydrogens is 246 g/mol. The highest BCUT2D eigenvalue weighted by Crippen LogP contribution is 2.07. The molecule has 3 rings (SSSR count). The highest BCUT2D eigenvalue weighted by Gasteiger charge is 2.11. The minimum absolute atomic E-state index is 0.126. The maximum atomic E-state index is 12.4. The van der Waals surface area contributed by atoms with Gasteiger partial charge in [-0.1, -0.05) is 0 Å². The lowest BCUT2D eigenvalue weighted by Gasteiger charge is -2.03. The van der Waals surface area contributed by atoms with Crippen molar-refractivity contribution in [2.45, 2.75) is 26.9 Å². The largest absolute Gasteiger partial charge is 0.444 e. The molecule has 19 heavy (non-hydrogen) atoms. The van der Waals surface area contributed by atoms with Crippen LogP contribution in [-0.4, -0.2) is 24.3 Å². The van der Waals surface area contributed by atoms with E-state index in [4.69, 9.17) is 4.42 Å². The summed E-state index contributed by atoms with van der Waals surface area (Å²) >= 11 is 0. The molecule has 0 bridgehead atoms. The lowest BCUT2D eigenvalue weighted by molar-refractivity contribution is 0.459. The van der Waals surface area contributed by atoms with Crippen molar-refractivity contribution in [3.63, 3.8) is 0 Å². The smallest absolute Gasteiger partial charge is 0.279 e. The summed E-state index contributed by atoms with van der Waals surface area (Å²) in [6.45, 7) is 4.65. The van der Waals surface area contributed by atoms with Gasteiger partial charge in [-0.3, -0.25) is 14.0 Å². The van der Waals surface area contributed by atoms with Crippen LogP contribution in [0, 0.1) is 6.92 Å². The first-order valence-electron chi connectivity index (χ1n) is 6.01. The molecule has 0 N–H and O–H groups in total. The van der Waals surface area contributed by atoms with Gasteiger partial charge < -0.3 is 4.42 Å². The molecule has 3 aromatic rings. The molecule has 0 aliphatic rings. The summed E-state index contributed by atoms with van der Waals surface area (Å²) in [5.41, 5.74) is 0.997. The van der Waals surface area contributed by atoms with Gasteiger partial charge in [-0.25, -0.2) is 9.97 Å². The standard InChI is InChI=1S/C12H13N5O2/c1-3-17-11-10(5-15-17)14-7-16(12(11)18)6-9-4-13-8(2)19-9/h4-5,7H,3,6H2,1-2H3. The van der Waals surface area contributed by atoms with E-state index in [1.165, 1.54) is 10.9 Å². The Bertz CT molecular complexity index is 783. The van der Waals surface area contributed by atoms with Gasteiger partial charge in [-0.05, 0) is 6.92 Å². The van der Waals surface area contributed by atoms with E-state index in [2.05, 4.69) is 15.1 Å². The first-order valence-corrected chi connectivity index (χ1v) is 6.01. The van der Waals surface area contributed by atoms with Crippen LogP contribution in [-0.2, 0) is 13.1 Å². The minimum atomic E-state index is -0.126. The van der Waals surface area contributed by atoms with Crippen molar-refractivity contribution in [2.75, 3.05) is 0 Å². The normalized spacial score (nSPS) is 11.3. The van der Waals surface area contributed by atoms with Crippen LogP contribution < -0.4 is 5.56 Å². The minimum Gasteiger partial charge on any atom is -0.444 e. The summed E-state index contributed by atoms with van der Waals surface area (Å²) in [5, 5.41) is 4.13. The van der Waals surface area contributed by atoms with E-state index in [0.717, 1.165) is 0 Å². The Balaban J connectivity index is 2.09. The number of hydrogen-bond donors (Lipinski definition) is 0. The second-order valence-electron chi connectivity index (χ2n) is 4.22. The Labute approximate surface area is 108 Å².